The minimum atomic E-state index is -0.172. The van der Waals surface area contributed by atoms with Gasteiger partial charge in [-0.25, -0.2) is 0 Å². The van der Waals surface area contributed by atoms with Gasteiger partial charge in [0, 0.05) is 12.2 Å². The molecule has 0 aliphatic rings. The molecule has 5 heteroatoms. The van der Waals surface area contributed by atoms with Crippen LogP contribution in [-0.4, -0.2) is 12.5 Å². The fourth-order valence-electron chi connectivity index (χ4n) is 1.82. The molecule has 2 rings (SSSR count). The highest BCUT2D eigenvalue weighted by molar-refractivity contribution is 6.33. The van der Waals surface area contributed by atoms with Gasteiger partial charge in [0.05, 0.1) is 22.0 Å². The Bertz CT molecular complexity index is 628. The van der Waals surface area contributed by atoms with Gasteiger partial charge in [-0.2, -0.15) is 0 Å². The molecular formula is C15H16ClN3O. The average molecular weight is 290 g/mol. The monoisotopic (exact) mass is 289 g/mol. The second-order valence-corrected chi connectivity index (χ2v) is 4.68. The Labute approximate surface area is 122 Å². The van der Waals surface area contributed by atoms with E-state index < -0.39 is 0 Å². The van der Waals surface area contributed by atoms with E-state index in [2.05, 4.69) is 10.6 Å². The van der Waals surface area contributed by atoms with Gasteiger partial charge in [0.25, 0.3) is 5.91 Å². The van der Waals surface area contributed by atoms with Crippen LogP contribution in [0.15, 0.2) is 42.5 Å². The predicted octanol–water partition coefficient (Wildman–Crippen LogP) is 3.42. The molecule has 2 aromatic carbocycles. The minimum absolute atomic E-state index is 0.172. The predicted molar refractivity (Wildman–Crippen MR) is 83.6 cm³/mol. The molecule has 0 spiro atoms. The first kappa shape index (κ1) is 14.2. The third-order valence-electron chi connectivity index (χ3n) is 2.77. The number of amides is 1. The van der Waals surface area contributed by atoms with Crippen molar-refractivity contribution in [1.82, 2.24) is 5.32 Å². The van der Waals surface area contributed by atoms with Gasteiger partial charge in [0.15, 0.2) is 0 Å². The van der Waals surface area contributed by atoms with Gasteiger partial charge in [0.1, 0.15) is 0 Å². The van der Waals surface area contributed by atoms with Crippen LogP contribution < -0.4 is 16.4 Å². The van der Waals surface area contributed by atoms with Crippen molar-refractivity contribution in [2.24, 2.45) is 0 Å². The zero-order chi connectivity index (χ0) is 14.5. The van der Waals surface area contributed by atoms with E-state index in [-0.39, 0.29) is 5.91 Å². The maximum atomic E-state index is 12.1. The number of benzene rings is 2. The Kier molecular flexibility index (Phi) is 4.48. The molecule has 2 aromatic rings. The number of halogens is 1. The van der Waals surface area contributed by atoms with Crippen molar-refractivity contribution in [1.29, 1.82) is 0 Å². The molecule has 0 atom stereocenters. The summed E-state index contributed by atoms with van der Waals surface area (Å²) in [5.74, 6) is -0.172. The number of hydrogen-bond acceptors (Lipinski definition) is 3. The van der Waals surface area contributed by atoms with E-state index in [0.29, 0.717) is 28.5 Å². The zero-order valence-electron chi connectivity index (χ0n) is 11.1. The first-order valence-electron chi connectivity index (χ1n) is 6.31. The summed E-state index contributed by atoms with van der Waals surface area (Å²) < 4.78 is 0. The second-order valence-electron chi connectivity index (χ2n) is 4.27. The molecule has 0 fully saturated rings. The van der Waals surface area contributed by atoms with Crippen LogP contribution in [0.1, 0.15) is 17.3 Å². The molecule has 0 aliphatic heterocycles. The van der Waals surface area contributed by atoms with Crippen molar-refractivity contribution in [2.75, 3.05) is 17.6 Å². The van der Waals surface area contributed by atoms with Crippen molar-refractivity contribution in [3.63, 3.8) is 0 Å². The Morgan fingerprint density at radius 2 is 1.95 bits per heavy atom. The first-order valence-corrected chi connectivity index (χ1v) is 6.69. The van der Waals surface area contributed by atoms with Gasteiger partial charge in [-0.3, -0.25) is 4.79 Å². The fraction of sp³-hybridized carbons (Fsp3) is 0.133. The standard InChI is InChI=1S/C15H16ClN3O/c1-2-18-15(20)11-9-10(17)7-8-13(11)19-14-6-4-3-5-12(14)16/h3-9,19H,2,17H2,1H3,(H,18,20). The largest absolute Gasteiger partial charge is 0.399 e. The number of rotatable bonds is 4. The smallest absolute Gasteiger partial charge is 0.253 e. The number of para-hydroxylation sites is 1. The van der Waals surface area contributed by atoms with Crippen LogP contribution in [-0.2, 0) is 0 Å². The Hall–Kier alpha value is -2.20. The topological polar surface area (TPSA) is 67.2 Å². The van der Waals surface area contributed by atoms with Crippen molar-refractivity contribution in [3.8, 4) is 0 Å². The lowest BCUT2D eigenvalue weighted by Crippen LogP contribution is -2.23. The van der Waals surface area contributed by atoms with E-state index >= 15 is 0 Å². The SMILES string of the molecule is CCNC(=O)c1cc(N)ccc1Nc1ccccc1Cl. The lowest BCUT2D eigenvalue weighted by Gasteiger charge is -2.13. The maximum absolute atomic E-state index is 12.1. The zero-order valence-corrected chi connectivity index (χ0v) is 11.9. The molecular weight excluding hydrogens is 274 g/mol. The van der Waals surface area contributed by atoms with Crippen LogP contribution in [0.5, 0.6) is 0 Å². The number of nitrogen functional groups attached to an aromatic ring is 1. The molecule has 0 aliphatic carbocycles. The first-order chi connectivity index (χ1) is 9.61. The molecule has 0 saturated heterocycles. The third kappa shape index (κ3) is 3.22. The van der Waals surface area contributed by atoms with Gasteiger partial charge in [-0.05, 0) is 37.3 Å². The highest BCUT2D eigenvalue weighted by atomic mass is 35.5. The van der Waals surface area contributed by atoms with Crippen LogP contribution in [0.3, 0.4) is 0 Å². The molecule has 104 valence electrons. The normalized spacial score (nSPS) is 10.1. The van der Waals surface area contributed by atoms with Crippen molar-refractivity contribution in [3.05, 3.63) is 53.1 Å². The van der Waals surface area contributed by atoms with E-state index in [1.54, 1.807) is 24.3 Å². The van der Waals surface area contributed by atoms with E-state index in [9.17, 15) is 4.79 Å². The number of nitrogens with two attached hydrogens (primary N) is 1. The number of carbonyl (C=O) groups excluding carboxylic acids is 1. The molecule has 4 N–H and O–H groups in total. The fourth-order valence-corrected chi connectivity index (χ4v) is 2.01. The summed E-state index contributed by atoms with van der Waals surface area (Å²) in [7, 11) is 0. The van der Waals surface area contributed by atoms with Crippen LogP contribution in [0, 0.1) is 0 Å². The summed E-state index contributed by atoms with van der Waals surface area (Å²) in [6.07, 6.45) is 0. The second kappa shape index (κ2) is 6.30. The van der Waals surface area contributed by atoms with Crippen molar-refractivity contribution < 1.29 is 4.79 Å². The molecule has 0 aromatic heterocycles. The molecule has 0 radical (unpaired) electrons. The number of hydrogen-bond donors (Lipinski definition) is 3. The van der Waals surface area contributed by atoms with E-state index in [1.807, 2.05) is 25.1 Å². The van der Waals surface area contributed by atoms with Crippen LogP contribution in [0.4, 0.5) is 17.1 Å². The minimum Gasteiger partial charge on any atom is -0.399 e. The van der Waals surface area contributed by atoms with Crippen LogP contribution in [0.25, 0.3) is 0 Å². The van der Waals surface area contributed by atoms with E-state index in [1.165, 1.54) is 0 Å². The van der Waals surface area contributed by atoms with Crippen molar-refractivity contribution >= 4 is 34.6 Å². The van der Waals surface area contributed by atoms with Gasteiger partial charge >= 0.3 is 0 Å². The van der Waals surface area contributed by atoms with Gasteiger partial charge in [-0.1, -0.05) is 23.7 Å². The van der Waals surface area contributed by atoms with Crippen molar-refractivity contribution in [2.45, 2.75) is 6.92 Å². The molecule has 4 nitrogen and oxygen atoms in total. The summed E-state index contributed by atoms with van der Waals surface area (Å²) >= 11 is 6.11. The van der Waals surface area contributed by atoms with E-state index in [0.717, 1.165) is 5.69 Å². The summed E-state index contributed by atoms with van der Waals surface area (Å²) in [4.78, 5) is 12.1. The lowest BCUT2D eigenvalue weighted by molar-refractivity contribution is 0.0956. The number of carbonyl (C=O) groups is 1. The molecule has 0 bridgehead atoms. The summed E-state index contributed by atoms with van der Waals surface area (Å²) in [5, 5.41) is 6.51. The average Bonchev–Trinajstić information content (AvgIpc) is 2.43. The molecule has 20 heavy (non-hydrogen) atoms. The Morgan fingerprint density at radius 3 is 2.65 bits per heavy atom. The molecule has 0 heterocycles. The lowest BCUT2D eigenvalue weighted by atomic mass is 10.1. The van der Waals surface area contributed by atoms with E-state index in [4.69, 9.17) is 17.3 Å². The molecule has 0 saturated carbocycles. The highest BCUT2D eigenvalue weighted by Gasteiger charge is 2.12. The quantitative estimate of drug-likeness (QED) is 0.756. The maximum Gasteiger partial charge on any atom is 0.253 e. The molecule has 1 amide bonds. The summed E-state index contributed by atoms with van der Waals surface area (Å²) in [5.41, 5.74) is 8.19. The van der Waals surface area contributed by atoms with Crippen LogP contribution >= 0.6 is 11.6 Å². The van der Waals surface area contributed by atoms with Crippen LogP contribution in [0.2, 0.25) is 5.02 Å². The Balaban J connectivity index is 2.36. The number of anilines is 3. The highest BCUT2D eigenvalue weighted by Crippen LogP contribution is 2.28. The number of nitrogens with one attached hydrogen (secondary N) is 2. The summed E-state index contributed by atoms with van der Waals surface area (Å²) in [6.45, 7) is 2.42. The third-order valence-corrected chi connectivity index (χ3v) is 3.10. The Morgan fingerprint density at radius 1 is 1.20 bits per heavy atom. The summed E-state index contributed by atoms with van der Waals surface area (Å²) in [6, 6.07) is 12.5. The molecule has 0 unspecified atom stereocenters. The van der Waals surface area contributed by atoms with Gasteiger partial charge in [0.2, 0.25) is 0 Å². The van der Waals surface area contributed by atoms with Gasteiger partial charge in [-0.15, -0.1) is 0 Å². The van der Waals surface area contributed by atoms with Gasteiger partial charge < -0.3 is 16.4 Å².